The van der Waals surface area contributed by atoms with E-state index in [2.05, 4.69) is 0 Å². The smallest absolute Gasteiger partial charge is 0.471 e. The molecule has 0 aliphatic rings. The molecule has 0 atom stereocenters. The highest BCUT2D eigenvalue weighted by atomic mass is 32.2. The summed E-state index contributed by atoms with van der Waals surface area (Å²) in [7, 11) is 0. The maximum atomic E-state index is 12.2. The van der Waals surface area contributed by atoms with Crippen molar-refractivity contribution in [1.82, 2.24) is 0 Å². The Morgan fingerprint density at radius 3 is 2.26 bits per heavy atom. The average Bonchev–Trinajstić information content (AvgIpc) is 2.48. The zero-order valence-corrected chi connectivity index (χ0v) is 12.2. The number of aromatic carboxylic acids is 1. The molecule has 8 heteroatoms. The molecule has 4 nitrogen and oxygen atoms in total. The van der Waals surface area contributed by atoms with Gasteiger partial charge < -0.3 is 10.4 Å². The van der Waals surface area contributed by atoms with Crippen molar-refractivity contribution in [2.75, 3.05) is 5.32 Å². The normalized spacial score (nSPS) is 11.1. The fourth-order valence-electron chi connectivity index (χ4n) is 1.68. The van der Waals surface area contributed by atoms with Gasteiger partial charge in [0, 0.05) is 15.5 Å². The topological polar surface area (TPSA) is 66.4 Å². The number of carboxylic acid groups (broad SMARTS) is 1. The minimum Gasteiger partial charge on any atom is -0.478 e. The number of alkyl halides is 3. The molecule has 0 aromatic heterocycles. The first kappa shape index (κ1) is 16.9. The minimum atomic E-state index is -5.04. The van der Waals surface area contributed by atoms with E-state index in [1.807, 2.05) is 0 Å². The van der Waals surface area contributed by atoms with E-state index < -0.39 is 18.1 Å². The van der Waals surface area contributed by atoms with Gasteiger partial charge in [0.1, 0.15) is 0 Å². The molecule has 0 heterocycles. The molecule has 0 aliphatic heterocycles. The molecular weight excluding hydrogens is 331 g/mol. The molecule has 0 radical (unpaired) electrons. The van der Waals surface area contributed by atoms with Crippen LogP contribution in [0.1, 0.15) is 10.4 Å². The first-order valence-electron chi connectivity index (χ1n) is 6.26. The van der Waals surface area contributed by atoms with E-state index in [4.69, 9.17) is 0 Å². The van der Waals surface area contributed by atoms with E-state index in [9.17, 15) is 27.9 Å². The van der Waals surface area contributed by atoms with Gasteiger partial charge in [-0.1, -0.05) is 30.0 Å². The lowest BCUT2D eigenvalue weighted by Crippen LogP contribution is -2.30. The number of carbonyl (C=O) groups is 2. The van der Waals surface area contributed by atoms with Gasteiger partial charge >= 0.3 is 18.1 Å². The maximum Gasteiger partial charge on any atom is 0.471 e. The Morgan fingerprint density at radius 2 is 1.70 bits per heavy atom. The van der Waals surface area contributed by atoms with Crippen molar-refractivity contribution in [1.29, 1.82) is 0 Å². The van der Waals surface area contributed by atoms with Crippen molar-refractivity contribution in [3.05, 3.63) is 54.1 Å². The monoisotopic (exact) mass is 341 g/mol. The minimum absolute atomic E-state index is 0.196. The van der Waals surface area contributed by atoms with Crippen molar-refractivity contribution >= 4 is 29.3 Å². The highest BCUT2D eigenvalue weighted by molar-refractivity contribution is 7.99. The highest BCUT2D eigenvalue weighted by Gasteiger charge is 2.38. The summed E-state index contributed by atoms with van der Waals surface area (Å²) in [6.45, 7) is 0. The Labute approximate surface area is 133 Å². The molecule has 2 rings (SSSR count). The molecule has 120 valence electrons. The van der Waals surface area contributed by atoms with Crippen LogP contribution in [0.25, 0.3) is 0 Å². The lowest BCUT2D eigenvalue weighted by molar-refractivity contribution is -0.167. The summed E-state index contributed by atoms with van der Waals surface area (Å²) in [6, 6.07) is 12.5. The van der Waals surface area contributed by atoms with Crippen molar-refractivity contribution in [3.8, 4) is 0 Å². The van der Waals surface area contributed by atoms with E-state index in [1.54, 1.807) is 35.6 Å². The lowest BCUT2D eigenvalue weighted by atomic mass is 10.2. The van der Waals surface area contributed by atoms with E-state index >= 15 is 0 Å². The number of rotatable bonds is 4. The molecular formula is C15H10F3NO3S. The van der Waals surface area contributed by atoms with E-state index in [1.165, 1.54) is 12.1 Å². The van der Waals surface area contributed by atoms with Crippen LogP contribution in [-0.2, 0) is 4.79 Å². The Balaban J connectivity index is 2.28. The third-order valence-corrected chi connectivity index (χ3v) is 3.78. The first-order chi connectivity index (χ1) is 10.8. The van der Waals surface area contributed by atoms with E-state index in [0.29, 0.717) is 4.90 Å². The molecule has 2 aromatic carbocycles. The van der Waals surface area contributed by atoms with Crippen molar-refractivity contribution in [3.63, 3.8) is 0 Å². The summed E-state index contributed by atoms with van der Waals surface area (Å²) in [6.07, 6.45) is -5.04. The largest absolute Gasteiger partial charge is 0.478 e. The zero-order valence-electron chi connectivity index (χ0n) is 11.4. The van der Waals surface area contributed by atoms with Crippen LogP contribution >= 0.6 is 11.8 Å². The SMILES string of the molecule is O=C(O)c1cc(NC(=O)C(F)(F)F)ccc1Sc1ccccc1. The maximum absolute atomic E-state index is 12.2. The number of carbonyl (C=O) groups excluding carboxylic acids is 1. The van der Waals surface area contributed by atoms with Crippen molar-refractivity contribution < 1.29 is 27.9 Å². The molecule has 0 saturated carbocycles. The van der Waals surface area contributed by atoms with Crippen molar-refractivity contribution in [2.24, 2.45) is 0 Å². The predicted octanol–water partition coefficient (Wildman–Crippen LogP) is 4.04. The summed E-state index contributed by atoms with van der Waals surface area (Å²) in [5, 5.41) is 10.8. The van der Waals surface area contributed by atoms with Crippen LogP contribution in [0.15, 0.2) is 58.3 Å². The summed E-state index contributed by atoms with van der Waals surface area (Å²) in [4.78, 5) is 23.3. The second-order valence-corrected chi connectivity index (χ2v) is 5.50. The molecule has 1 amide bonds. The van der Waals surface area contributed by atoms with E-state index in [-0.39, 0.29) is 11.3 Å². The first-order valence-corrected chi connectivity index (χ1v) is 7.07. The van der Waals surface area contributed by atoms with Crippen LogP contribution in [0.4, 0.5) is 18.9 Å². The number of hydrogen-bond donors (Lipinski definition) is 2. The van der Waals surface area contributed by atoms with Gasteiger partial charge in [0.2, 0.25) is 0 Å². The Bertz CT molecular complexity index is 732. The Morgan fingerprint density at radius 1 is 1.04 bits per heavy atom. The summed E-state index contributed by atoms with van der Waals surface area (Å²) in [5.41, 5.74) is -0.430. The number of hydrogen-bond acceptors (Lipinski definition) is 3. The second-order valence-electron chi connectivity index (χ2n) is 4.38. The van der Waals surface area contributed by atoms with Gasteiger partial charge in [-0.25, -0.2) is 4.79 Å². The summed E-state index contributed by atoms with van der Waals surface area (Å²) < 4.78 is 36.7. The van der Waals surface area contributed by atoms with Crippen molar-refractivity contribution in [2.45, 2.75) is 16.0 Å². The zero-order chi connectivity index (χ0) is 17.0. The molecule has 0 aliphatic carbocycles. The molecule has 0 spiro atoms. The molecule has 0 bridgehead atoms. The Kier molecular flexibility index (Phi) is 4.95. The van der Waals surface area contributed by atoms with Crippen LogP contribution in [0, 0.1) is 0 Å². The van der Waals surface area contributed by atoms with Crippen LogP contribution in [0.3, 0.4) is 0 Å². The molecule has 2 N–H and O–H groups in total. The van der Waals surface area contributed by atoms with Gasteiger partial charge in [0.25, 0.3) is 0 Å². The number of halogens is 3. The summed E-state index contributed by atoms with van der Waals surface area (Å²) in [5.74, 6) is -3.45. The third-order valence-electron chi connectivity index (χ3n) is 2.70. The third kappa shape index (κ3) is 4.49. The lowest BCUT2D eigenvalue weighted by Gasteiger charge is -2.11. The highest BCUT2D eigenvalue weighted by Crippen LogP contribution is 2.32. The quantitative estimate of drug-likeness (QED) is 0.881. The van der Waals surface area contributed by atoms with Gasteiger partial charge in [-0.15, -0.1) is 0 Å². The molecule has 0 fully saturated rings. The molecule has 2 aromatic rings. The van der Waals surface area contributed by atoms with Gasteiger partial charge in [-0.2, -0.15) is 13.2 Å². The standard InChI is InChI=1S/C15H10F3NO3S/c16-15(17,18)14(22)19-9-6-7-12(11(8-9)13(20)21)23-10-4-2-1-3-5-10/h1-8H,(H,19,22)(H,20,21). The number of amides is 1. The van der Waals surface area contributed by atoms with Gasteiger partial charge in [0.15, 0.2) is 0 Å². The van der Waals surface area contributed by atoms with Gasteiger partial charge in [-0.05, 0) is 30.3 Å². The van der Waals surface area contributed by atoms with Gasteiger partial charge in [0.05, 0.1) is 5.56 Å². The van der Waals surface area contributed by atoms with Crippen LogP contribution in [0.2, 0.25) is 0 Å². The predicted molar refractivity (Wildman–Crippen MR) is 78.7 cm³/mol. The van der Waals surface area contributed by atoms with Crippen LogP contribution < -0.4 is 5.32 Å². The van der Waals surface area contributed by atoms with Gasteiger partial charge in [-0.3, -0.25) is 4.79 Å². The van der Waals surface area contributed by atoms with E-state index in [0.717, 1.165) is 22.7 Å². The fraction of sp³-hybridized carbons (Fsp3) is 0.0667. The average molecular weight is 341 g/mol. The summed E-state index contributed by atoms with van der Waals surface area (Å²) >= 11 is 1.16. The van der Waals surface area contributed by atoms with Crippen LogP contribution in [0.5, 0.6) is 0 Å². The second kappa shape index (κ2) is 6.74. The fourth-order valence-corrected chi connectivity index (χ4v) is 2.62. The number of benzene rings is 2. The number of anilines is 1. The number of carboxylic acids is 1. The Hall–Kier alpha value is -2.48. The molecule has 0 saturated heterocycles. The van der Waals surface area contributed by atoms with Crippen LogP contribution in [-0.4, -0.2) is 23.2 Å². The number of nitrogens with one attached hydrogen (secondary N) is 1. The molecule has 23 heavy (non-hydrogen) atoms. The molecule has 0 unspecified atom stereocenters.